The van der Waals surface area contributed by atoms with Gasteiger partial charge in [-0.25, -0.2) is 0 Å². The number of benzene rings is 1. The van der Waals surface area contributed by atoms with E-state index >= 15 is 0 Å². The van der Waals surface area contributed by atoms with Crippen molar-refractivity contribution in [2.45, 2.75) is 81.6 Å². The minimum absolute atomic E-state index is 0.248. The van der Waals surface area contributed by atoms with E-state index in [0.717, 1.165) is 23.1 Å². The third kappa shape index (κ3) is 4.91. The first-order valence-electron chi connectivity index (χ1n) is 11.5. The van der Waals surface area contributed by atoms with Crippen molar-refractivity contribution in [1.29, 1.82) is 0 Å². The molecule has 1 aliphatic heterocycles. The molecule has 1 aromatic heterocycles. The highest BCUT2D eigenvalue weighted by molar-refractivity contribution is 5.39. The van der Waals surface area contributed by atoms with Gasteiger partial charge in [-0.3, -0.25) is 4.68 Å². The first kappa shape index (κ1) is 25.9. The normalized spacial score (nSPS) is 29.7. The highest BCUT2D eigenvalue weighted by atomic mass is 19.4. The van der Waals surface area contributed by atoms with Crippen LogP contribution in [-0.2, 0) is 23.8 Å². The summed E-state index contributed by atoms with van der Waals surface area (Å²) in [5, 5.41) is 54.6. The fourth-order valence-electron chi connectivity index (χ4n) is 4.33. The van der Waals surface area contributed by atoms with Crippen LogP contribution >= 0.6 is 0 Å². The molecule has 1 aliphatic carbocycles. The maximum absolute atomic E-state index is 14.3. The Balaban J connectivity index is 1.78. The third-order valence-electron chi connectivity index (χ3n) is 6.64. The molecule has 194 valence electrons. The van der Waals surface area contributed by atoms with Crippen molar-refractivity contribution in [1.82, 2.24) is 9.78 Å². The third-order valence-corrected chi connectivity index (χ3v) is 6.64. The van der Waals surface area contributed by atoms with E-state index in [4.69, 9.17) is 9.47 Å². The zero-order valence-electron chi connectivity index (χ0n) is 19.0. The van der Waals surface area contributed by atoms with Gasteiger partial charge in [0.15, 0.2) is 6.10 Å². The second kappa shape index (κ2) is 9.68. The summed E-state index contributed by atoms with van der Waals surface area (Å²) >= 11 is 0. The molecule has 9 nitrogen and oxygen atoms in total. The minimum Gasteiger partial charge on any atom is -0.417 e. The summed E-state index contributed by atoms with van der Waals surface area (Å²) in [5.41, 5.74) is 0.123. The number of rotatable bonds is 7. The molecule has 0 spiro atoms. The summed E-state index contributed by atoms with van der Waals surface area (Å²) in [6.07, 6.45) is -10.2. The van der Waals surface area contributed by atoms with Crippen LogP contribution in [0.5, 0.6) is 5.88 Å². The zero-order valence-corrected chi connectivity index (χ0v) is 19.0. The molecule has 0 unspecified atom stereocenters. The van der Waals surface area contributed by atoms with Crippen molar-refractivity contribution in [2.75, 3.05) is 6.61 Å². The van der Waals surface area contributed by atoms with Crippen LogP contribution in [0, 0.1) is 0 Å². The van der Waals surface area contributed by atoms with E-state index in [9.17, 15) is 38.7 Å². The Bertz CT molecular complexity index is 1020. The molecule has 1 saturated heterocycles. The van der Waals surface area contributed by atoms with Crippen molar-refractivity contribution in [3.8, 4) is 5.88 Å². The van der Waals surface area contributed by atoms with Gasteiger partial charge in [-0.05, 0) is 36.8 Å². The number of hydrogen-bond donors (Lipinski definition) is 5. The standard InChI is InChI=1S/C23H29F3N2O7/c1-2-12-6-8-13(9-7-12)10-15-19(22(24,25)26)28(14-4-3-5-14)27-21(15)35-23(33)20(32)18(31)17(30)16(11-29)34-23/h6-9,14,16-18,20,29-33H,2-5,10-11H2,1H3/t16-,17-,18+,20-,23+/m1/s1. The van der Waals surface area contributed by atoms with Crippen molar-refractivity contribution in [3.63, 3.8) is 0 Å². The molecule has 35 heavy (non-hydrogen) atoms. The number of hydrogen-bond acceptors (Lipinski definition) is 8. The van der Waals surface area contributed by atoms with Gasteiger partial charge in [0.1, 0.15) is 24.0 Å². The summed E-state index contributed by atoms with van der Waals surface area (Å²) in [6.45, 7) is 1.09. The van der Waals surface area contributed by atoms with Crippen LogP contribution in [-0.4, -0.2) is 72.3 Å². The lowest BCUT2D eigenvalue weighted by molar-refractivity contribution is -0.423. The molecule has 2 aliphatic rings. The van der Waals surface area contributed by atoms with Gasteiger partial charge in [0.25, 0.3) is 0 Å². The Morgan fingerprint density at radius 3 is 2.26 bits per heavy atom. The summed E-state index contributed by atoms with van der Waals surface area (Å²) in [6, 6.07) is 6.45. The number of nitrogens with zero attached hydrogens (tertiary/aromatic N) is 2. The molecule has 2 fully saturated rings. The van der Waals surface area contributed by atoms with Crippen LogP contribution in [0.25, 0.3) is 0 Å². The lowest BCUT2D eigenvalue weighted by atomic mass is 9.93. The van der Waals surface area contributed by atoms with Crippen molar-refractivity contribution in [3.05, 3.63) is 46.6 Å². The molecule has 0 radical (unpaired) electrons. The van der Waals surface area contributed by atoms with E-state index in [1.165, 1.54) is 0 Å². The smallest absolute Gasteiger partial charge is 0.417 e. The maximum atomic E-state index is 14.3. The monoisotopic (exact) mass is 502 g/mol. The molecule has 5 N–H and O–H groups in total. The molecular weight excluding hydrogens is 473 g/mol. The number of alkyl halides is 3. The fraction of sp³-hybridized carbons (Fsp3) is 0.609. The molecule has 2 aromatic rings. The molecule has 2 heterocycles. The minimum atomic E-state index is -4.80. The van der Waals surface area contributed by atoms with E-state index in [2.05, 4.69) is 5.10 Å². The van der Waals surface area contributed by atoms with Gasteiger partial charge in [-0.2, -0.15) is 13.2 Å². The Morgan fingerprint density at radius 2 is 1.74 bits per heavy atom. The van der Waals surface area contributed by atoms with Crippen LogP contribution in [0.2, 0.25) is 0 Å². The van der Waals surface area contributed by atoms with E-state index in [0.29, 0.717) is 18.4 Å². The molecule has 12 heteroatoms. The first-order chi connectivity index (χ1) is 16.5. The van der Waals surface area contributed by atoms with Gasteiger partial charge < -0.3 is 35.0 Å². The molecular formula is C23H29F3N2O7. The predicted octanol–water partition coefficient (Wildman–Crippen LogP) is 1.28. The second-order valence-electron chi connectivity index (χ2n) is 9.00. The summed E-state index contributed by atoms with van der Waals surface area (Å²) in [5.74, 6) is -3.71. The van der Waals surface area contributed by atoms with Gasteiger partial charge in [-0.15, -0.1) is 5.10 Å². The average Bonchev–Trinajstić information content (AvgIpc) is 3.11. The van der Waals surface area contributed by atoms with Crippen LogP contribution in [0.15, 0.2) is 24.3 Å². The summed E-state index contributed by atoms with van der Waals surface area (Å²) in [7, 11) is 0. The van der Waals surface area contributed by atoms with Crippen LogP contribution in [0.3, 0.4) is 0 Å². The number of aliphatic hydroxyl groups excluding tert-OH is 4. The highest BCUT2D eigenvalue weighted by Crippen LogP contribution is 2.44. The van der Waals surface area contributed by atoms with Gasteiger partial charge in [0, 0.05) is 6.42 Å². The van der Waals surface area contributed by atoms with E-state index in [1.807, 2.05) is 6.92 Å². The van der Waals surface area contributed by atoms with E-state index < -0.39 is 60.8 Å². The highest BCUT2D eigenvalue weighted by Gasteiger charge is 2.56. The van der Waals surface area contributed by atoms with E-state index in [-0.39, 0.29) is 12.0 Å². The first-order valence-corrected chi connectivity index (χ1v) is 11.5. The summed E-state index contributed by atoms with van der Waals surface area (Å²) < 4.78 is 54.1. The fourth-order valence-corrected chi connectivity index (χ4v) is 4.33. The average molecular weight is 502 g/mol. The number of aliphatic hydroxyl groups is 5. The Hall–Kier alpha value is -2.22. The lowest BCUT2D eigenvalue weighted by Crippen LogP contribution is -2.67. The Morgan fingerprint density at radius 1 is 1.11 bits per heavy atom. The summed E-state index contributed by atoms with van der Waals surface area (Å²) in [4.78, 5) is 0. The van der Waals surface area contributed by atoms with Crippen molar-refractivity contribution < 1.29 is 48.2 Å². The zero-order chi connectivity index (χ0) is 25.5. The van der Waals surface area contributed by atoms with Crippen LogP contribution < -0.4 is 4.74 Å². The Labute approximate surface area is 199 Å². The molecule has 0 bridgehead atoms. The van der Waals surface area contributed by atoms with Crippen LogP contribution in [0.1, 0.15) is 54.6 Å². The quantitative estimate of drug-likeness (QED) is 0.357. The largest absolute Gasteiger partial charge is 0.433 e. The number of halogens is 3. The van der Waals surface area contributed by atoms with Gasteiger partial charge in [0.05, 0.1) is 18.2 Å². The maximum Gasteiger partial charge on any atom is 0.433 e. The predicted molar refractivity (Wildman–Crippen MR) is 114 cm³/mol. The Kier molecular flexibility index (Phi) is 7.15. The topological polar surface area (TPSA) is 137 Å². The lowest BCUT2D eigenvalue weighted by Gasteiger charge is -2.43. The van der Waals surface area contributed by atoms with Crippen molar-refractivity contribution in [2.24, 2.45) is 0 Å². The van der Waals surface area contributed by atoms with Crippen LogP contribution in [0.4, 0.5) is 13.2 Å². The van der Waals surface area contributed by atoms with E-state index in [1.54, 1.807) is 24.3 Å². The number of ether oxygens (including phenoxy) is 2. The van der Waals surface area contributed by atoms with Gasteiger partial charge >= 0.3 is 12.1 Å². The number of aromatic nitrogens is 2. The van der Waals surface area contributed by atoms with Crippen molar-refractivity contribution >= 4 is 0 Å². The SMILES string of the molecule is CCc1ccc(Cc2c(O[C@@]3(O)O[C@H](CO)[C@@H](O)[C@H](O)[C@H]3O)nn(C3CCC3)c2C(F)(F)F)cc1. The van der Waals surface area contributed by atoms with Gasteiger partial charge in [0.2, 0.25) is 5.88 Å². The molecule has 4 rings (SSSR count). The molecule has 1 aromatic carbocycles. The molecule has 5 atom stereocenters. The van der Waals surface area contributed by atoms with Gasteiger partial charge in [-0.1, -0.05) is 31.2 Å². The molecule has 1 saturated carbocycles. The second-order valence-corrected chi connectivity index (χ2v) is 9.00. The number of aryl methyl sites for hydroxylation is 1. The molecule has 0 amide bonds.